The van der Waals surface area contributed by atoms with Crippen LogP contribution >= 0.6 is 0 Å². The number of rotatable bonds is 11. The van der Waals surface area contributed by atoms with E-state index >= 15 is 0 Å². The van der Waals surface area contributed by atoms with Crippen LogP contribution in [0.5, 0.6) is 0 Å². The van der Waals surface area contributed by atoms with Crippen molar-refractivity contribution in [2.75, 3.05) is 39.3 Å². The van der Waals surface area contributed by atoms with E-state index < -0.39 is 29.4 Å². The van der Waals surface area contributed by atoms with Gasteiger partial charge in [-0.1, -0.05) is 5.21 Å². The van der Waals surface area contributed by atoms with E-state index in [-0.39, 0.29) is 12.5 Å². The molecule has 1 aromatic heterocycles. The van der Waals surface area contributed by atoms with Gasteiger partial charge in [0.25, 0.3) is 6.47 Å². The van der Waals surface area contributed by atoms with Crippen LogP contribution in [-0.2, 0) is 30.2 Å². The number of amides is 3. The van der Waals surface area contributed by atoms with E-state index in [1.54, 1.807) is 41.4 Å². The van der Waals surface area contributed by atoms with Crippen molar-refractivity contribution in [3.8, 4) is 0 Å². The molecule has 3 amide bonds. The van der Waals surface area contributed by atoms with Gasteiger partial charge in [0.2, 0.25) is 5.91 Å². The maximum absolute atomic E-state index is 13.5. The first-order valence-electron chi connectivity index (χ1n) is 13.0. The fourth-order valence-electron chi connectivity index (χ4n) is 3.77. The van der Waals surface area contributed by atoms with E-state index in [0.717, 1.165) is 0 Å². The molecule has 1 aliphatic heterocycles. The summed E-state index contributed by atoms with van der Waals surface area (Å²) in [6.45, 7) is 13.3. The zero-order valence-electron chi connectivity index (χ0n) is 23.4. The van der Waals surface area contributed by atoms with Crippen molar-refractivity contribution in [3.05, 3.63) is 11.9 Å². The molecule has 1 fully saturated rings. The van der Waals surface area contributed by atoms with Crippen LogP contribution < -0.4 is 5.32 Å². The highest BCUT2D eigenvalue weighted by Crippen LogP contribution is 2.20. The van der Waals surface area contributed by atoms with Crippen molar-refractivity contribution >= 4 is 24.6 Å². The van der Waals surface area contributed by atoms with Crippen LogP contribution in [0.25, 0.3) is 0 Å². The van der Waals surface area contributed by atoms with Gasteiger partial charge in [0, 0.05) is 45.3 Å². The molecule has 214 valence electrons. The van der Waals surface area contributed by atoms with Crippen LogP contribution in [0, 0.1) is 0 Å². The Morgan fingerprint density at radius 3 is 2.24 bits per heavy atom. The molecule has 0 bridgehead atoms. The van der Waals surface area contributed by atoms with Gasteiger partial charge in [0.15, 0.2) is 0 Å². The second-order valence-electron chi connectivity index (χ2n) is 11.1. The summed E-state index contributed by atoms with van der Waals surface area (Å²) in [5.74, 6) is -0.116. The second-order valence-corrected chi connectivity index (χ2v) is 11.1. The van der Waals surface area contributed by atoms with Gasteiger partial charge in [-0.2, -0.15) is 0 Å². The summed E-state index contributed by atoms with van der Waals surface area (Å²) in [7, 11) is 0. The smallest absolute Gasteiger partial charge is 0.410 e. The number of ether oxygens (including phenoxy) is 3. The normalized spacial score (nSPS) is 15.0. The summed E-state index contributed by atoms with van der Waals surface area (Å²) < 4.78 is 17.0. The maximum atomic E-state index is 13.5. The molecule has 0 radical (unpaired) electrons. The maximum Gasteiger partial charge on any atom is 0.410 e. The number of carbonyl (C=O) groups is 4. The highest BCUT2D eigenvalue weighted by Gasteiger charge is 2.32. The van der Waals surface area contributed by atoms with E-state index in [1.807, 2.05) is 20.8 Å². The number of aromatic nitrogens is 3. The molecule has 1 N–H and O–H groups in total. The molecule has 1 saturated heterocycles. The molecular weight excluding hydrogens is 496 g/mol. The SMILES string of the molecule is CC(C)(C)OC(=O)NCCCC[C@@H](C(=O)N1CCN(C(=O)OC(C)(C)C)CC1)n1cc(CCOC=O)nn1. The molecule has 0 aliphatic carbocycles. The molecule has 0 saturated carbocycles. The Morgan fingerprint density at radius 2 is 1.63 bits per heavy atom. The van der Waals surface area contributed by atoms with Crippen molar-refractivity contribution in [2.45, 2.75) is 84.5 Å². The van der Waals surface area contributed by atoms with E-state index in [1.165, 1.54) is 0 Å². The Labute approximate surface area is 224 Å². The van der Waals surface area contributed by atoms with E-state index in [9.17, 15) is 19.2 Å². The summed E-state index contributed by atoms with van der Waals surface area (Å²) in [5, 5.41) is 11.0. The molecule has 0 spiro atoms. The van der Waals surface area contributed by atoms with Crippen LogP contribution in [0.1, 0.15) is 72.5 Å². The fraction of sp³-hybridized carbons (Fsp3) is 0.760. The molecule has 1 aliphatic rings. The zero-order chi connectivity index (χ0) is 28.3. The van der Waals surface area contributed by atoms with E-state index in [2.05, 4.69) is 15.6 Å². The van der Waals surface area contributed by atoms with Crippen LogP contribution in [0.4, 0.5) is 9.59 Å². The molecule has 2 heterocycles. The number of hydrogen-bond donors (Lipinski definition) is 1. The summed E-state index contributed by atoms with van der Waals surface area (Å²) in [6.07, 6.45) is 2.97. The van der Waals surface area contributed by atoms with Crippen molar-refractivity contribution in [1.29, 1.82) is 0 Å². The first-order valence-corrected chi connectivity index (χ1v) is 13.0. The van der Waals surface area contributed by atoms with Crippen molar-refractivity contribution in [3.63, 3.8) is 0 Å². The van der Waals surface area contributed by atoms with Crippen molar-refractivity contribution in [1.82, 2.24) is 30.1 Å². The standard InChI is InChI=1S/C25H42N6O7/c1-24(2,3)37-22(34)26-11-8-7-9-20(31-17-19(27-28-31)10-16-36-18-32)21(33)29-12-14-30(15-13-29)23(35)38-25(4,5)6/h17-18,20H,7-16H2,1-6H3,(H,26,34)/t20-/m0/s1. The largest absolute Gasteiger partial charge is 0.467 e. The summed E-state index contributed by atoms with van der Waals surface area (Å²) in [5.41, 5.74) is -0.558. The Kier molecular flexibility index (Phi) is 11.3. The van der Waals surface area contributed by atoms with Crippen molar-refractivity contribution in [2.24, 2.45) is 0 Å². The van der Waals surface area contributed by atoms with Crippen LogP contribution in [-0.4, -0.2) is 99.9 Å². The lowest BCUT2D eigenvalue weighted by molar-refractivity contribution is -0.137. The number of nitrogens with zero attached hydrogens (tertiary/aromatic N) is 5. The number of piperazine rings is 1. The predicted octanol–water partition coefficient (Wildman–Crippen LogP) is 2.31. The number of nitrogens with one attached hydrogen (secondary N) is 1. The van der Waals surface area contributed by atoms with Gasteiger partial charge in [-0.05, 0) is 60.8 Å². The molecule has 38 heavy (non-hydrogen) atoms. The molecule has 0 unspecified atom stereocenters. The molecular formula is C25H42N6O7. The summed E-state index contributed by atoms with van der Waals surface area (Å²) in [4.78, 5) is 51.5. The van der Waals surface area contributed by atoms with Gasteiger partial charge >= 0.3 is 12.2 Å². The zero-order valence-corrected chi connectivity index (χ0v) is 23.4. The van der Waals surface area contributed by atoms with Gasteiger partial charge in [-0.25, -0.2) is 14.3 Å². The highest BCUT2D eigenvalue weighted by molar-refractivity contribution is 5.80. The number of unbranched alkanes of at least 4 members (excludes halogenated alkanes) is 1. The summed E-state index contributed by atoms with van der Waals surface area (Å²) in [6, 6.07) is -0.599. The lowest BCUT2D eigenvalue weighted by Crippen LogP contribution is -2.53. The second kappa shape index (κ2) is 14.0. The Bertz CT molecular complexity index is 929. The fourth-order valence-corrected chi connectivity index (χ4v) is 3.77. The van der Waals surface area contributed by atoms with Crippen LogP contribution in [0.15, 0.2) is 6.20 Å². The third-order valence-corrected chi connectivity index (χ3v) is 5.52. The summed E-state index contributed by atoms with van der Waals surface area (Å²) >= 11 is 0. The minimum atomic E-state index is -0.599. The number of carbonyl (C=O) groups excluding carboxylic acids is 4. The lowest BCUT2D eigenvalue weighted by Gasteiger charge is -2.37. The van der Waals surface area contributed by atoms with Gasteiger partial charge in [0.05, 0.1) is 12.3 Å². The first kappa shape index (κ1) is 30.8. The third kappa shape index (κ3) is 10.9. The minimum absolute atomic E-state index is 0.116. The average Bonchev–Trinajstić information content (AvgIpc) is 3.27. The highest BCUT2D eigenvalue weighted by atomic mass is 16.6. The average molecular weight is 539 g/mol. The van der Waals surface area contributed by atoms with E-state index in [0.29, 0.717) is 70.6 Å². The Balaban J connectivity index is 1.98. The quantitative estimate of drug-likeness (QED) is 0.255. The number of alkyl carbamates (subject to hydrolysis) is 1. The first-order chi connectivity index (χ1) is 17.8. The van der Waals surface area contributed by atoms with E-state index in [4.69, 9.17) is 14.2 Å². The lowest BCUT2D eigenvalue weighted by atomic mass is 10.1. The van der Waals surface area contributed by atoms with Gasteiger partial charge in [-0.15, -0.1) is 5.10 Å². The Hall–Kier alpha value is -3.38. The van der Waals surface area contributed by atoms with Gasteiger partial charge < -0.3 is 29.3 Å². The molecule has 1 atom stereocenters. The van der Waals surface area contributed by atoms with Gasteiger partial charge in [0.1, 0.15) is 17.2 Å². The molecule has 13 nitrogen and oxygen atoms in total. The topological polar surface area (TPSA) is 145 Å². The predicted molar refractivity (Wildman–Crippen MR) is 137 cm³/mol. The molecule has 13 heteroatoms. The molecule has 0 aromatic carbocycles. The van der Waals surface area contributed by atoms with Crippen molar-refractivity contribution < 1.29 is 33.4 Å². The molecule has 1 aromatic rings. The minimum Gasteiger partial charge on any atom is -0.467 e. The van der Waals surface area contributed by atoms with Crippen LogP contribution in [0.3, 0.4) is 0 Å². The molecule has 2 rings (SSSR count). The third-order valence-electron chi connectivity index (χ3n) is 5.52. The Morgan fingerprint density at radius 1 is 1.00 bits per heavy atom. The van der Waals surface area contributed by atoms with Crippen LogP contribution in [0.2, 0.25) is 0 Å². The van der Waals surface area contributed by atoms with Gasteiger partial charge in [-0.3, -0.25) is 9.59 Å². The monoisotopic (exact) mass is 538 g/mol. The number of hydrogen-bond acceptors (Lipinski definition) is 9.